The Morgan fingerprint density at radius 1 is 0.795 bits per heavy atom. The molecule has 39 heavy (non-hydrogen) atoms. The Hall–Kier alpha value is -3.98. The lowest BCUT2D eigenvalue weighted by Crippen LogP contribution is -2.20. The molecule has 0 fully saturated rings. The minimum absolute atomic E-state index is 0.224. The zero-order chi connectivity index (χ0) is 28.9. The van der Waals surface area contributed by atoms with Crippen molar-refractivity contribution >= 4 is 37.9 Å². The molecule has 0 bridgehead atoms. The largest absolute Gasteiger partial charge is 0.744 e. The predicted molar refractivity (Wildman–Crippen MR) is 138 cm³/mol. The van der Waals surface area contributed by atoms with E-state index in [2.05, 4.69) is 10.6 Å². The first-order valence-corrected chi connectivity index (χ1v) is 14.1. The minimum atomic E-state index is -4.48. The Morgan fingerprint density at radius 2 is 1.33 bits per heavy atom. The highest BCUT2D eigenvalue weighted by atomic mass is 32.2. The lowest BCUT2D eigenvalue weighted by atomic mass is 10.1. The van der Waals surface area contributed by atoms with E-state index in [4.69, 9.17) is 9.47 Å². The highest BCUT2D eigenvalue weighted by molar-refractivity contribution is 7.86. The number of alkyl carbamates (subject to hydrolysis) is 1. The summed E-state index contributed by atoms with van der Waals surface area (Å²) in [4.78, 5) is 21.8. The van der Waals surface area contributed by atoms with Crippen molar-refractivity contribution in [3.63, 3.8) is 0 Å². The zero-order valence-corrected chi connectivity index (χ0v) is 22.4. The van der Waals surface area contributed by atoms with Gasteiger partial charge < -0.3 is 29.2 Å². The molecule has 0 aliphatic heterocycles. The van der Waals surface area contributed by atoms with Crippen LogP contribution in [-0.2, 0) is 36.2 Å². The fraction of sp³-hybridized carbons (Fsp3) is 0.200. The summed E-state index contributed by atoms with van der Waals surface area (Å²) < 4.78 is 74.3. The predicted octanol–water partition coefficient (Wildman–Crippen LogP) is 2.49. The first kappa shape index (κ1) is 31.2. The number of rotatable bonds is 10. The maximum Gasteiger partial charge on any atom is 0.406 e. The highest BCUT2D eigenvalue weighted by Gasteiger charge is 2.05. The average molecular weight is 579 g/mol. The van der Waals surface area contributed by atoms with Gasteiger partial charge in [0.2, 0.25) is 0 Å². The second-order valence-electron chi connectivity index (χ2n) is 7.72. The Labute approximate surface area is 226 Å². The number of carbonyl (C=O) groups excluding carboxylic acids is 2. The molecule has 2 amide bonds. The molecule has 0 aliphatic rings. The van der Waals surface area contributed by atoms with E-state index in [1.165, 1.54) is 31.3 Å². The Balaban J connectivity index is 0.000000277. The van der Waals surface area contributed by atoms with Crippen LogP contribution in [-0.4, -0.2) is 58.2 Å². The second-order valence-corrected chi connectivity index (χ2v) is 10.5. The van der Waals surface area contributed by atoms with Crippen LogP contribution in [0.4, 0.5) is 10.5 Å². The van der Waals surface area contributed by atoms with Crippen molar-refractivity contribution in [1.82, 2.24) is 5.32 Å². The molecule has 12 nitrogen and oxygen atoms in total. The van der Waals surface area contributed by atoms with Crippen LogP contribution in [0.1, 0.15) is 12.0 Å². The smallest absolute Gasteiger partial charge is 0.406 e. The van der Waals surface area contributed by atoms with Crippen LogP contribution in [0.2, 0.25) is 0 Å². The quantitative estimate of drug-likeness (QED) is 0.267. The van der Waals surface area contributed by atoms with E-state index in [1.807, 2.05) is 6.07 Å². The van der Waals surface area contributed by atoms with Crippen molar-refractivity contribution in [1.29, 1.82) is 0 Å². The number of anilines is 1. The lowest BCUT2D eigenvalue weighted by Gasteiger charge is -2.09. The Morgan fingerprint density at radius 3 is 1.85 bits per heavy atom. The summed E-state index contributed by atoms with van der Waals surface area (Å²) in [6.45, 7) is 0.0552. The third kappa shape index (κ3) is 12.0. The second kappa shape index (κ2) is 14.8. The number of nitrogens with one attached hydrogen (secondary N) is 2. The molecule has 0 aromatic heterocycles. The Bertz CT molecular complexity index is 1430. The molecule has 14 heteroatoms. The van der Waals surface area contributed by atoms with Gasteiger partial charge in [-0.15, -0.1) is 0 Å². The fourth-order valence-electron chi connectivity index (χ4n) is 2.91. The summed E-state index contributed by atoms with van der Waals surface area (Å²) >= 11 is 0. The van der Waals surface area contributed by atoms with E-state index in [1.54, 1.807) is 36.4 Å². The number of aryl methyl sites for hydroxylation is 1. The average Bonchev–Trinajstić information content (AvgIpc) is 2.90. The molecule has 0 atom stereocenters. The molecule has 0 saturated carbocycles. The number of hydrogen-bond acceptors (Lipinski definition) is 10. The van der Waals surface area contributed by atoms with Gasteiger partial charge in [0.25, 0.3) is 5.91 Å². The van der Waals surface area contributed by atoms with Crippen LogP contribution >= 0.6 is 0 Å². The third-order valence-corrected chi connectivity index (χ3v) is 6.50. The van der Waals surface area contributed by atoms with Gasteiger partial charge in [-0.1, -0.05) is 30.3 Å². The molecule has 3 aromatic carbocycles. The molecule has 0 heterocycles. The van der Waals surface area contributed by atoms with Gasteiger partial charge >= 0.3 is 6.09 Å². The monoisotopic (exact) mass is 578 g/mol. The highest BCUT2D eigenvalue weighted by Crippen LogP contribution is 2.16. The van der Waals surface area contributed by atoms with Gasteiger partial charge in [0.15, 0.2) is 6.61 Å². The van der Waals surface area contributed by atoms with Crippen molar-refractivity contribution < 1.29 is 45.0 Å². The van der Waals surface area contributed by atoms with Crippen molar-refractivity contribution in [3.8, 4) is 5.75 Å². The lowest BCUT2D eigenvalue weighted by molar-refractivity contribution is -0.118. The molecule has 0 radical (unpaired) electrons. The van der Waals surface area contributed by atoms with Crippen LogP contribution in [0.15, 0.2) is 88.7 Å². The summed E-state index contributed by atoms with van der Waals surface area (Å²) in [6, 6.07) is 19.5. The normalized spacial score (nSPS) is 10.9. The molecule has 3 aromatic rings. The molecule has 0 spiro atoms. The summed E-state index contributed by atoms with van der Waals surface area (Å²) in [5.41, 5.74) is 1.53. The summed E-state index contributed by atoms with van der Waals surface area (Å²) in [7, 11) is -7.39. The van der Waals surface area contributed by atoms with Crippen LogP contribution in [0.3, 0.4) is 0 Å². The number of amides is 2. The summed E-state index contributed by atoms with van der Waals surface area (Å²) in [5, 5.41) is 4.96. The van der Waals surface area contributed by atoms with Gasteiger partial charge in [0.1, 0.15) is 26.0 Å². The summed E-state index contributed by atoms with van der Waals surface area (Å²) in [6.07, 6.45) is 0.773. The van der Waals surface area contributed by atoms with Crippen LogP contribution < -0.4 is 15.4 Å². The van der Waals surface area contributed by atoms with Crippen molar-refractivity contribution in [2.75, 3.05) is 25.6 Å². The van der Waals surface area contributed by atoms with Gasteiger partial charge in [-0.25, -0.2) is 21.6 Å². The SMILES string of the molecule is CNC(=O)OCCCc1ccc(S(=O)(=O)[O-])cc1.O=C(COc1ccc(S(=O)(=O)[O-])cc1)Nc1ccccc1. The van der Waals surface area contributed by atoms with Crippen LogP contribution in [0.25, 0.3) is 0 Å². The number of carbonyl (C=O) groups is 2. The molecule has 210 valence electrons. The van der Waals surface area contributed by atoms with Crippen molar-refractivity contribution in [2.24, 2.45) is 0 Å². The molecule has 2 N–H and O–H groups in total. The minimum Gasteiger partial charge on any atom is -0.744 e. The molecule has 0 unspecified atom stereocenters. The molecular weight excluding hydrogens is 552 g/mol. The van der Waals surface area contributed by atoms with E-state index in [0.717, 1.165) is 17.7 Å². The van der Waals surface area contributed by atoms with E-state index in [0.29, 0.717) is 24.3 Å². The first-order valence-electron chi connectivity index (χ1n) is 11.3. The summed E-state index contributed by atoms with van der Waals surface area (Å²) in [5.74, 6) is -0.0488. The van der Waals surface area contributed by atoms with Crippen LogP contribution in [0, 0.1) is 0 Å². The number of para-hydroxylation sites is 1. The first-order chi connectivity index (χ1) is 18.4. The standard InChI is InChI=1S/C14H13NO5S.C11H15NO5S/c16-14(15-11-4-2-1-3-5-11)10-20-12-6-8-13(9-7-12)21(17,18)19;1-12-11(13)17-8-2-3-9-4-6-10(7-5-9)18(14,15)16/h1-9H,10H2,(H,15,16)(H,17,18,19);4-7H,2-3,8H2,1H3,(H,12,13)(H,14,15,16)/p-2. The number of benzene rings is 3. The van der Waals surface area contributed by atoms with Gasteiger partial charge in [0.05, 0.1) is 16.4 Å². The molecule has 3 rings (SSSR count). The van der Waals surface area contributed by atoms with Crippen molar-refractivity contribution in [3.05, 3.63) is 84.4 Å². The van der Waals surface area contributed by atoms with Crippen molar-refractivity contribution in [2.45, 2.75) is 22.6 Å². The number of hydrogen-bond donors (Lipinski definition) is 2. The van der Waals surface area contributed by atoms with Crippen LogP contribution in [0.5, 0.6) is 5.75 Å². The van der Waals surface area contributed by atoms with E-state index < -0.39 is 26.3 Å². The maximum absolute atomic E-state index is 11.6. The molecule has 0 aliphatic carbocycles. The topological polar surface area (TPSA) is 191 Å². The zero-order valence-electron chi connectivity index (χ0n) is 20.7. The fourth-order valence-corrected chi connectivity index (χ4v) is 3.84. The van der Waals surface area contributed by atoms with E-state index >= 15 is 0 Å². The van der Waals surface area contributed by atoms with Gasteiger partial charge in [-0.3, -0.25) is 4.79 Å². The van der Waals surface area contributed by atoms with Gasteiger partial charge in [-0.05, 0) is 66.9 Å². The molecular formula is C25H26N2O10S2-2. The third-order valence-electron chi connectivity index (χ3n) is 4.80. The van der Waals surface area contributed by atoms with Gasteiger partial charge in [-0.2, -0.15) is 0 Å². The number of ether oxygens (including phenoxy) is 2. The van der Waals surface area contributed by atoms with E-state index in [9.17, 15) is 35.5 Å². The maximum atomic E-state index is 11.6. The van der Waals surface area contributed by atoms with E-state index in [-0.39, 0.29) is 28.9 Å². The molecule has 0 saturated heterocycles. The van der Waals surface area contributed by atoms with Gasteiger partial charge in [0, 0.05) is 12.7 Å². The Kier molecular flexibility index (Phi) is 11.9.